The van der Waals surface area contributed by atoms with E-state index in [9.17, 15) is 14.4 Å². The minimum Gasteiger partial charge on any atom is -0.441 e. The molecule has 1 aromatic heterocycles. The van der Waals surface area contributed by atoms with Crippen LogP contribution in [0.2, 0.25) is 0 Å². The van der Waals surface area contributed by atoms with Gasteiger partial charge in [-0.3, -0.25) is 9.69 Å². The Balaban J connectivity index is 1.49. The van der Waals surface area contributed by atoms with Gasteiger partial charge >= 0.3 is 0 Å². The summed E-state index contributed by atoms with van der Waals surface area (Å²) in [5, 5.41) is 9.26. The van der Waals surface area contributed by atoms with Crippen LogP contribution in [0, 0.1) is 31.0 Å². The van der Waals surface area contributed by atoms with Crippen molar-refractivity contribution in [2.75, 3.05) is 13.1 Å². The van der Waals surface area contributed by atoms with Gasteiger partial charge in [0.25, 0.3) is 0 Å². The normalized spacial score (nSPS) is 19.0. The van der Waals surface area contributed by atoms with Crippen LogP contribution in [0.3, 0.4) is 0 Å². The highest BCUT2D eigenvalue weighted by Gasteiger charge is 2.35. The molecule has 1 aliphatic heterocycles. The number of nitriles is 1. The molecule has 152 valence electrons. The molecule has 1 amide bonds. The van der Waals surface area contributed by atoms with Crippen molar-refractivity contribution in [2.24, 2.45) is 0 Å². The Kier molecular flexibility index (Phi) is 5.37. The number of rotatable bonds is 6. The quantitative estimate of drug-likeness (QED) is 0.746. The first-order chi connectivity index (χ1) is 14.0. The van der Waals surface area contributed by atoms with Gasteiger partial charge in [-0.15, -0.1) is 0 Å². The molecule has 4 rings (SSSR count). The van der Waals surface area contributed by atoms with Crippen LogP contribution in [0.4, 0.5) is 4.39 Å². The molecule has 0 N–H and O–H groups in total. The number of oxazole rings is 1. The average Bonchev–Trinajstić information content (AvgIpc) is 3.32. The van der Waals surface area contributed by atoms with Crippen molar-refractivity contribution in [1.82, 2.24) is 14.8 Å². The van der Waals surface area contributed by atoms with Gasteiger partial charge in [0, 0.05) is 24.7 Å². The molecule has 6 nitrogen and oxygen atoms in total. The third-order valence-electron chi connectivity index (χ3n) is 5.77. The maximum absolute atomic E-state index is 13.6. The zero-order chi connectivity index (χ0) is 20.5. The number of likely N-dealkylation sites (tertiary alicyclic amines) is 1. The van der Waals surface area contributed by atoms with Crippen molar-refractivity contribution in [3.05, 3.63) is 41.0 Å². The number of carbonyl (C=O) groups is 1. The highest BCUT2D eigenvalue weighted by Crippen LogP contribution is 2.31. The van der Waals surface area contributed by atoms with E-state index in [0.717, 1.165) is 36.9 Å². The zero-order valence-electron chi connectivity index (χ0n) is 16.8. The van der Waals surface area contributed by atoms with Gasteiger partial charge in [-0.05, 0) is 63.3 Å². The minimum atomic E-state index is -0.300. The smallest absolute Gasteiger partial charge is 0.237 e. The highest BCUT2D eigenvalue weighted by atomic mass is 19.1. The van der Waals surface area contributed by atoms with Crippen LogP contribution >= 0.6 is 0 Å². The van der Waals surface area contributed by atoms with E-state index in [2.05, 4.69) is 16.0 Å². The second-order valence-corrected chi connectivity index (χ2v) is 8.00. The van der Waals surface area contributed by atoms with Crippen LogP contribution in [0.15, 0.2) is 22.6 Å². The standard InChI is InChI=1S/C22H25FN4O2/c1-14-10-16(5-8-19(14)23)22-25-20(15(2)29-22)12-26(17-6-7-17)13-21(28)27-9-3-4-18(27)11-24/h5,8,10,17-18H,3-4,6-7,9,12-13H2,1-2H3. The molecule has 0 radical (unpaired) electrons. The zero-order valence-corrected chi connectivity index (χ0v) is 16.8. The molecule has 7 heteroatoms. The van der Waals surface area contributed by atoms with Crippen LogP contribution in [0.1, 0.15) is 42.7 Å². The number of aryl methyl sites for hydroxylation is 2. The Morgan fingerprint density at radius 3 is 2.86 bits per heavy atom. The fourth-order valence-electron chi connectivity index (χ4n) is 3.89. The molecule has 2 fully saturated rings. The van der Waals surface area contributed by atoms with E-state index >= 15 is 0 Å². The summed E-state index contributed by atoms with van der Waals surface area (Å²) in [6.07, 6.45) is 3.77. The van der Waals surface area contributed by atoms with Crippen LogP contribution < -0.4 is 0 Å². The van der Waals surface area contributed by atoms with Crippen molar-refractivity contribution in [2.45, 2.75) is 58.2 Å². The second-order valence-electron chi connectivity index (χ2n) is 8.00. The fraction of sp³-hybridized carbons (Fsp3) is 0.500. The number of hydrogen-bond donors (Lipinski definition) is 0. The van der Waals surface area contributed by atoms with E-state index in [0.29, 0.717) is 42.9 Å². The lowest BCUT2D eigenvalue weighted by atomic mass is 10.1. The van der Waals surface area contributed by atoms with E-state index in [1.54, 1.807) is 24.0 Å². The first kappa shape index (κ1) is 19.6. The molecule has 1 atom stereocenters. The lowest BCUT2D eigenvalue weighted by Gasteiger charge is -2.25. The molecule has 1 unspecified atom stereocenters. The van der Waals surface area contributed by atoms with Gasteiger partial charge in [-0.2, -0.15) is 5.26 Å². The van der Waals surface area contributed by atoms with E-state index in [1.807, 2.05) is 6.92 Å². The van der Waals surface area contributed by atoms with Gasteiger partial charge in [-0.1, -0.05) is 0 Å². The summed E-state index contributed by atoms with van der Waals surface area (Å²) in [5.41, 5.74) is 2.07. The SMILES string of the molecule is Cc1cc(-c2nc(CN(CC(=O)N3CCCC3C#N)C3CC3)c(C)o2)ccc1F. The molecule has 1 aromatic carbocycles. The first-order valence-corrected chi connectivity index (χ1v) is 10.1. The van der Waals surface area contributed by atoms with E-state index < -0.39 is 0 Å². The number of benzene rings is 1. The molecular weight excluding hydrogens is 371 g/mol. The molecule has 2 aliphatic rings. The molecule has 1 saturated carbocycles. The molecule has 1 saturated heterocycles. The summed E-state index contributed by atoms with van der Waals surface area (Å²) in [6, 6.07) is 7.11. The summed E-state index contributed by atoms with van der Waals surface area (Å²) in [7, 11) is 0. The topological polar surface area (TPSA) is 73.4 Å². The maximum Gasteiger partial charge on any atom is 0.237 e. The van der Waals surface area contributed by atoms with E-state index in [4.69, 9.17) is 4.42 Å². The number of nitrogens with zero attached hydrogens (tertiary/aromatic N) is 4. The second kappa shape index (κ2) is 7.96. The van der Waals surface area contributed by atoms with Gasteiger partial charge in [0.1, 0.15) is 17.6 Å². The Morgan fingerprint density at radius 2 is 2.17 bits per heavy atom. The number of carbonyl (C=O) groups excluding carboxylic acids is 1. The number of halogens is 1. The summed E-state index contributed by atoms with van der Waals surface area (Å²) in [6.45, 7) is 5.05. The summed E-state index contributed by atoms with van der Waals surface area (Å²) in [5.74, 6) is 0.924. The molecular formula is C22H25FN4O2. The van der Waals surface area contributed by atoms with Gasteiger partial charge in [-0.25, -0.2) is 9.37 Å². The lowest BCUT2D eigenvalue weighted by molar-refractivity contribution is -0.132. The van der Waals surface area contributed by atoms with Crippen LogP contribution in [0.5, 0.6) is 0 Å². The predicted molar refractivity (Wildman–Crippen MR) is 105 cm³/mol. The molecule has 2 heterocycles. The summed E-state index contributed by atoms with van der Waals surface area (Å²) in [4.78, 5) is 21.3. The van der Waals surface area contributed by atoms with Gasteiger partial charge in [0.15, 0.2) is 0 Å². The third kappa shape index (κ3) is 4.18. The third-order valence-corrected chi connectivity index (χ3v) is 5.77. The number of aromatic nitrogens is 1. The number of hydrogen-bond acceptors (Lipinski definition) is 5. The molecule has 29 heavy (non-hydrogen) atoms. The predicted octanol–water partition coefficient (Wildman–Crippen LogP) is 3.58. The van der Waals surface area contributed by atoms with Crippen LogP contribution in [0.25, 0.3) is 11.5 Å². The lowest BCUT2D eigenvalue weighted by Crippen LogP contribution is -2.43. The molecule has 2 aromatic rings. The van der Waals surface area contributed by atoms with Crippen molar-refractivity contribution in [1.29, 1.82) is 5.26 Å². The van der Waals surface area contributed by atoms with Crippen molar-refractivity contribution in [3.8, 4) is 17.5 Å². The minimum absolute atomic E-state index is 0.0106. The van der Waals surface area contributed by atoms with Crippen LogP contribution in [-0.4, -0.2) is 45.9 Å². The summed E-state index contributed by atoms with van der Waals surface area (Å²) < 4.78 is 19.4. The maximum atomic E-state index is 13.6. The van der Waals surface area contributed by atoms with Crippen molar-refractivity contribution < 1.29 is 13.6 Å². The summed E-state index contributed by atoms with van der Waals surface area (Å²) >= 11 is 0. The first-order valence-electron chi connectivity index (χ1n) is 10.1. The van der Waals surface area contributed by atoms with E-state index in [-0.39, 0.29) is 17.8 Å². The van der Waals surface area contributed by atoms with Gasteiger partial charge in [0.2, 0.25) is 11.8 Å². The molecule has 0 spiro atoms. The fourth-order valence-corrected chi connectivity index (χ4v) is 3.89. The average molecular weight is 396 g/mol. The molecule has 0 bridgehead atoms. The Hall–Kier alpha value is -2.72. The Labute approximate surface area is 169 Å². The van der Waals surface area contributed by atoms with Gasteiger partial charge in [0.05, 0.1) is 18.3 Å². The van der Waals surface area contributed by atoms with Crippen molar-refractivity contribution >= 4 is 5.91 Å². The Morgan fingerprint density at radius 1 is 1.38 bits per heavy atom. The largest absolute Gasteiger partial charge is 0.441 e. The van der Waals surface area contributed by atoms with E-state index in [1.165, 1.54) is 6.07 Å². The molecule has 1 aliphatic carbocycles. The van der Waals surface area contributed by atoms with Crippen molar-refractivity contribution in [3.63, 3.8) is 0 Å². The monoisotopic (exact) mass is 396 g/mol. The number of amides is 1. The van der Waals surface area contributed by atoms with Crippen LogP contribution in [-0.2, 0) is 11.3 Å². The highest BCUT2D eigenvalue weighted by molar-refractivity contribution is 5.79. The Bertz CT molecular complexity index is 960. The van der Waals surface area contributed by atoms with Gasteiger partial charge < -0.3 is 9.32 Å².